The Kier molecular flexibility index (Phi) is 3.77. The molecule has 0 spiro atoms. The molecule has 1 aliphatic rings. The molecule has 2 heterocycles. The van der Waals surface area contributed by atoms with Gasteiger partial charge in [0, 0.05) is 32.7 Å². The van der Waals surface area contributed by atoms with Crippen molar-refractivity contribution < 1.29 is 5.11 Å². The maximum Gasteiger partial charge on any atom is 0.124 e. The second-order valence-corrected chi connectivity index (χ2v) is 4.92. The van der Waals surface area contributed by atoms with Crippen molar-refractivity contribution in [3.63, 3.8) is 0 Å². The van der Waals surface area contributed by atoms with Crippen LogP contribution in [0.2, 0.25) is 0 Å². The fourth-order valence-corrected chi connectivity index (χ4v) is 2.66. The Balaban J connectivity index is 1.90. The molecule has 0 bridgehead atoms. The summed E-state index contributed by atoms with van der Waals surface area (Å²) in [5.41, 5.74) is 2.13. The number of piperazine rings is 1. The van der Waals surface area contributed by atoms with Crippen molar-refractivity contribution in [2.24, 2.45) is 0 Å². The van der Waals surface area contributed by atoms with E-state index in [2.05, 4.69) is 20.9 Å². The highest BCUT2D eigenvalue weighted by atomic mass is 16.3. The summed E-state index contributed by atoms with van der Waals surface area (Å²) < 4.78 is 2.14. The van der Waals surface area contributed by atoms with Crippen LogP contribution >= 0.6 is 0 Å². The van der Waals surface area contributed by atoms with Crippen molar-refractivity contribution in [2.75, 3.05) is 32.8 Å². The standard InChI is InChI=1S/C14H20N4O/c19-10-9-18-13-4-2-1-3-12(13)16-14(18)11-17-7-5-15-6-8-17/h1-4,15,19H,5-11H2. The molecular formula is C14H20N4O. The highest BCUT2D eigenvalue weighted by molar-refractivity contribution is 5.75. The van der Waals surface area contributed by atoms with E-state index < -0.39 is 0 Å². The highest BCUT2D eigenvalue weighted by Crippen LogP contribution is 2.17. The lowest BCUT2D eigenvalue weighted by atomic mass is 10.3. The number of hydrogen-bond acceptors (Lipinski definition) is 4. The monoisotopic (exact) mass is 260 g/mol. The Morgan fingerprint density at radius 1 is 1.21 bits per heavy atom. The third kappa shape index (κ3) is 2.63. The number of fused-ring (bicyclic) bond motifs is 1. The molecule has 19 heavy (non-hydrogen) atoms. The third-order valence-electron chi connectivity index (χ3n) is 3.63. The lowest BCUT2D eigenvalue weighted by Gasteiger charge is -2.26. The number of hydrogen-bond donors (Lipinski definition) is 2. The van der Waals surface area contributed by atoms with E-state index in [-0.39, 0.29) is 6.61 Å². The zero-order chi connectivity index (χ0) is 13.1. The first kappa shape index (κ1) is 12.6. The molecule has 1 fully saturated rings. The lowest BCUT2D eigenvalue weighted by molar-refractivity contribution is 0.221. The van der Waals surface area contributed by atoms with Crippen molar-refractivity contribution in [1.29, 1.82) is 0 Å². The van der Waals surface area contributed by atoms with E-state index >= 15 is 0 Å². The van der Waals surface area contributed by atoms with Gasteiger partial charge in [-0.25, -0.2) is 4.98 Å². The van der Waals surface area contributed by atoms with Crippen LogP contribution in [0.3, 0.4) is 0 Å². The van der Waals surface area contributed by atoms with Crippen LogP contribution < -0.4 is 5.32 Å². The highest BCUT2D eigenvalue weighted by Gasteiger charge is 2.15. The van der Waals surface area contributed by atoms with Crippen molar-refractivity contribution >= 4 is 11.0 Å². The Labute approximate surface area is 112 Å². The molecule has 0 atom stereocenters. The van der Waals surface area contributed by atoms with Gasteiger partial charge in [-0.15, -0.1) is 0 Å². The topological polar surface area (TPSA) is 53.3 Å². The molecule has 0 saturated carbocycles. The minimum atomic E-state index is 0.148. The van der Waals surface area contributed by atoms with Crippen LogP contribution in [0.25, 0.3) is 11.0 Å². The minimum Gasteiger partial charge on any atom is -0.395 e. The molecule has 5 heteroatoms. The van der Waals surface area contributed by atoms with E-state index in [0.717, 1.165) is 49.6 Å². The number of benzene rings is 1. The maximum absolute atomic E-state index is 9.26. The second-order valence-electron chi connectivity index (χ2n) is 4.92. The first-order valence-electron chi connectivity index (χ1n) is 6.86. The van der Waals surface area contributed by atoms with Crippen molar-refractivity contribution in [3.05, 3.63) is 30.1 Å². The zero-order valence-electron chi connectivity index (χ0n) is 11.0. The van der Waals surface area contributed by atoms with Gasteiger partial charge in [-0.05, 0) is 12.1 Å². The zero-order valence-corrected chi connectivity index (χ0v) is 11.0. The van der Waals surface area contributed by atoms with Crippen molar-refractivity contribution in [3.8, 4) is 0 Å². The minimum absolute atomic E-state index is 0.148. The van der Waals surface area contributed by atoms with Gasteiger partial charge in [-0.2, -0.15) is 0 Å². The summed E-state index contributed by atoms with van der Waals surface area (Å²) in [4.78, 5) is 7.12. The summed E-state index contributed by atoms with van der Waals surface area (Å²) in [6, 6.07) is 8.13. The van der Waals surface area contributed by atoms with Gasteiger partial charge in [0.15, 0.2) is 0 Å². The van der Waals surface area contributed by atoms with Crippen molar-refractivity contribution in [2.45, 2.75) is 13.1 Å². The normalized spacial score (nSPS) is 17.1. The molecule has 2 N–H and O–H groups in total. The van der Waals surface area contributed by atoms with Crippen LogP contribution in [0, 0.1) is 0 Å². The molecule has 1 aromatic carbocycles. The van der Waals surface area contributed by atoms with E-state index in [4.69, 9.17) is 4.98 Å². The molecule has 1 aliphatic heterocycles. The van der Waals surface area contributed by atoms with Crippen LogP contribution in [0.1, 0.15) is 5.82 Å². The number of nitrogens with zero attached hydrogens (tertiary/aromatic N) is 3. The number of imidazole rings is 1. The molecule has 5 nitrogen and oxygen atoms in total. The van der Waals surface area contributed by atoms with E-state index in [0.29, 0.717) is 6.54 Å². The number of nitrogens with one attached hydrogen (secondary N) is 1. The molecule has 0 aliphatic carbocycles. The summed E-state index contributed by atoms with van der Waals surface area (Å²) in [5.74, 6) is 1.05. The van der Waals surface area contributed by atoms with E-state index in [9.17, 15) is 5.11 Å². The van der Waals surface area contributed by atoms with Gasteiger partial charge in [0.1, 0.15) is 5.82 Å². The molecule has 0 unspecified atom stereocenters. The van der Waals surface area contributed by atoms with Gasteiger partial charge in [-0.3, -0.25) is 4.90 Å². The average Bonchev–Trinajstić information content (AvgIpc) is 2.79. The summed E-state index contributed by atoms with van der Waals surface area (Å²) in [6.07, 6.45) is 0. The fraction of sp³-hybridized carbons (Fsp3) is 0.500. The van der Waals surface area contributed by atoms with Crippen LogP contribution in [0.5, 0.6) is 0 Å². The number of aliphatic hydroxyl groups is 1. The molecule has 3 rings (SSSR count). The Morgan fingerprint density at radius 2 is 2.00 bits per heavy atom. The predicted octanol–water partition coefficient (Wildman–Crippen LogP) is 0.434. The van der Waals surface area contributed by atoms with E-state index in [1.807, 2.05) is 18.2 Å². The number of rotatable bonds is 4. The summed E-state index contributed by atoms with van der Waals surface area (Å²) >= 11 is 0. The first-order valence-corrected chi connectivity index (χ1v) is 6.86. The Bertz CT molecular complexity index is 545. The maximum atomic E-state index is 9.26. The summed E-state index contributed by atoms with van der Waals surface area (Å²) in [5, 5.41) is 12.6. The summed E-state index contributed by atoms with van der Waals surface area (Å²) in [7, 11) is 0. The molecule has 0 amide bonds. The van der Waals surface area contributed by atoms with Crippen LogP contribution in [-0.2, 0) is 13.1 Å². The predicted molar refractivity (Wildman–Crippen MR) is 75.0 cm³/mol. The van der Waals surface area contributed by atoms with E-state index in [1.165, 1.54) is 0 Å². The van der Waals surface area contributed by atoms with Gasteiger partial charge < -0.3 is 15.0 Å². The fourth-order valence-electron chi connectivity index (χ4n) is 2.66. The quantitative estimate of drug-likeness (QED) is 0.837. The smallest absolute Gasteiger partial charge is 0.124 e. The van der Waals surface area contributed by atoms with Crippen molar-refractivity contribution in [1.82, 2.24) is 19.8 Å². The Hall–Kier alpha value is -1.43. The lowest BCUT2D eigenvalue weighted by Crippen LogP contribution is -2.43. The Morgan fingerprint density at radius 3 is 2.79 bits per heavy atom. The van der Waals surface area contributed by atoms with Crippen LogP contribution in [0.15, 0.2) is 24.3 Å². The molecule has 1 saturated heterocycles. The molecule has 2 aromatic rings. The summed E-state index contributed by atoms with van der Waals surface area (Å²) in [6.45, 7) is 5.82. The van der Waals surface area contributed by atoms with Crippen LogP contribution in [0.4, 0.5) is 0 Å². The van der Waals surface area contributed by atoms with Gasteiger partial charge in [0.2, 0.25) is 0 Å². The van der Waals surface area contributed by atoms with Gasteiger partial charge >= 0.3 is 0 Å². The van der Waals surface area contributed by atoms with Gasteiger partial charge in [0.25, 0.3) is 0 Å². The average molecular weight is 260 g/mol. The second kappa shape index (κ2) is 5.69. The largest absolute Gasteiger partial charge is 0.395 e. The van der Waals surface area contributed by atoms with Gasteiger partial charge in [-0.1, -0.05) is 12.1 Å². The number of aliphatic hydroxyl groups excluding tert-OH is 1. The molecule has 0 radical (unpaired) electrons. The van der Waals surface area contributed by atoms with Crippen LogP contribution in [-0.4, -0.2) is 52.3 Å². The molecule has 1 aromatic heterocycles. The first-order chi connectivity index (χ1) is 9.38. The van der Waals surface area contributed by atoms with Gasteiger partial charge in [0.05, 0.1) is 24.2 Å². The SMILES string of the molecule is OCCn1c(CN2CCNCC2)nc2ccccc21. The molecular weight excluding hydrogens is 240 g/mol. The number of para-hydroxylation sites is 2. The van der Waals surface area contributed by atoms with E-state index in [1.54, 1.807) is 0 Å². The third-order valence-corrected chi connectivity index (χ3v) is 3.63. The number of aromatic nitrogens is 2. The molecule has 102 valence electrons.